The van der Waals surface area contributed by atoms with E-state index < -0.39 is 0 Å². The topological polar surface area (TPSA) is 71.3 Å². The highest BCUT2D eigenvalue weighted by molar-refractivity contribution is 6.29. The monoisotopic (exact) mass is 384 g/mol. The summed E-state index contributed by atoms with van der Waals surface area (Å²) in [6.45, 7) is 3.97. The Hall–Kier alpha value is -2.86. The van der Waals surface area contributed by atoms with Gasteiger partial charge in [0.2, 0.25) is 0 Å². The lowest BCUT2D eigenvalue weighted by molar-refractivity contribution is -0.421. The van der Waals surface area contributed by atoms with Gasteiger partial charge in [0.1, 0.15) is 5.15 Å². The molecule has 1 fully saturated rings. The van der Waals surface area contributed by atoms with Gasteiger partial charge in [-0.3, -0.25) is 10.1 Å². The molecule has 2 aromatic rings. The fraction of sp³-hybridized carbons (Fsp3) is 0.250. The number of nitrogens with zero attached hydrogens (tertiary/aromatic N) is 3. The van der Waals surface area contributed by atoms with E-state index in [1.54, 1.807) is 24.4 Å². The quantitative estimate of drug-likeness (QED) is 0.479. The first kappa shape index (κ1) is 18.9. The second-order valence-electron chi connectivity index (χ2n) is 6.43. The fourth-order valence-corrected chi connectivity index (χ4v) is 3.12. The number of hydrogen-bond donors (Lipinski definition) is 1. The third-order valence-corrected chi connectivity index (χ3v) is 4.51. The molecule has 140 valence electrons. The average Bonchev–Trinajstić information content (AvgIpc) is 2.65. The molecule has 6 nitrogen and oxygen atoms in total. The second kappa shape index (κ2) is 8.68. The molecule has 1 aliphatic rings. The van der Waals surface area contributed by atoms with Gasteiger partial charge < -0.3 is 10.2 Å². The van der Waals surface area contributed by atoms with E-state index in [0.29, 0.717) is 24.1 Å². The Morgan fingerprint density at radius 1 is 1.41 bits per heavy atom. The van der Waals surface area contributed by atoms with Crippen LogP contribution in [0.4, 0.5) is 0 Å². The molecule has 0 amide bonds. The maximum atomic E-state index is 11.7. The predicted octanol–water partition coefficient (Wildman–Crippen LogP) is 4.00. The average molecular weight is 385 g/mol. The van der Waals surface area contributed by atoms with Crippen LogP contribution in [0.1, 0.15) is 23.1 Å². The molecule has 0 unspecified atom stereocenters. The van der Waals surface area contributed by atoms with Crippen molar-refractivity contribution in [2.75, 3.05) is 13.1 Å². The third-order valence-electron chi connectivity index (χ3n) is 4.29. The van der Waals surface area contributed by atoms with Crippen LogP contribution in [0, 0.1) is 17.0 Å². The van der Waals surface area contributed by atoms with Gasteiger partial charge in [-0.25, -0.2) is 4.98 Å². The molecule has 1 saturated heterocycles. The molecule has 0 atom stereocenters. The van der Waals surface area contributed by atoms with Gasteiger partial charge in [-0.15, -0.1) is 0 Å². The van der Waals surface area contributed by atoms with Crippen molar-refractivity contribution in [1.82, 2.24) is 15.2 Å². The Bertz CT molecular complexity index is 878. The van der Waals surface area contributed by atoms with Crippen LogP contribution < -0.4 is 5.32 Å². The summed E-state index contributed by atoms with van der Waals surface area (Å²) < 4.78 is 0. The highest BCUT2D eigenvalue weighted by atomic mass is 35.5. The van der Waals surface area contributed by atoms with Crippen LogP contribution in [0.3, 0.4) is 0 Å². The van der Waals surface area contributed by atoms with E-state index in [-0.39, 0.29) is 10.6 Å². The van der Waals surface area contributed by atoms with Crippen LogP contribution in [-0.4, -0.2) is 27.9 Å². The van der Waals surface area contributed by atoms with Crippen LogP contribution in [0.15, 0.2) is 60.2 Å². The van der Waals surface area contributed by atoms with Crippen molar-refractivity contribution in [2.45, 2.75) is 19.9 Å². The third kappa shape index (κ3) is 5.08. The van der Waals surface area contributed by atoms with Gasteiger partial charge in [0, 0.05) is 31.9 Å². The van der Waals surface area contributed by atoms with Gasteiger partial charge >= 0.3 is 5.70 Å². The van der Waals surface area contributed by atoms with Gasteiger partial charge in [-0.2, -0.15) is 0 Å². The number of allylic oxidation sites excluding steroid dienone is 1. The number of benzene rings is 1. The number of aryl methyl sites for hydroxylation is 1. The maximum absolute atomic E-state index is 11.7. The number of rotatable bonds is 5. The summed E-state index contributed by atoms with van der Waals surface area (Å²) in [4.78, 5) is 17.5. The molecule has 3 rings (SSSR count). The molecule has 0 bridgehead atoms. The molecule has 1 N–H and O–H groups in total. The summed E-state index contributed by atoms with van der Waals surface area (Å²) in [5.74, 6) is 0.533. The molecule has 2 heterocycles. The zero-order valence-corrected chi connectivity index (χ0v) is 15.8. The fourth-order valence-electron chi connectivity index (χ4n) is 3.01. The summed E-state index contributed by atoms with van der Waals surface area (Å²) >= 11 is 5.84. The van der Waals surface area contributed by atoms with E-state index in [4.69, 9.17) is 11.6 Å². The highest BCUT2D eigenvalue weighted by Gasteiger charge is 2.24. The number of pyridine rings is 1. The van der Waals surface area contributed by atoms with E-state index in [0.717, 1.165) is 29.7 Å². The normalized spacial score (nSPS) is 16.3. The van der Waals surface area contributed by atoms with Gasteiger partial charge in [-0.05, 0) is 36.6 Å². The second-order valence-corrected chi connectivity index (χ2v) is 6.82. The number of halogens is 1. The molecular weight excluding hydrogens is 364 g/mol. The minimum absolute atomic E-state index is 0.0538. The Kier molecular flexibility index (Phi) is 6.08. The summed E-state index contributed by atoms with van der Waals surface area (Å²) in [6.07, 6.45) is 5.95. The van der Waals surface area contributed by atoms with Crippen molar-refractivity contribution >= 4 is 17.7 Å². The Morgan fingerprint density at radius 2 is 2.26 bits per heavy atom. The number of nitro groups is 1. The largest absolute Gasteiger partial charge is 0.366 e. The lowest BCUT2D eigenvalue weighted by atomic mass is 10.1. The standard InChI is InChI=1S/C20H21ClN4O2/c1-15-4-2-5-16(12-15)6-8-18(25(26)27)20-22-10-3-11-24(20)14-17-7-9-19(21)23-13-17/h2,4-9,12-13,22H,3,10-11,14H2,1H3/b8-6+,20-18+. The molecule has 1 aromatic heterocycles. The lowest BCUT2D eigenvalue weighted by Crippen LogP contribution is -2.40. The zero-order valence-electron chi connectivity index (χ0n) is 15.1. The minimum atomic E-state index is -0.340. The van der Waals surface area contributed by atoms with E-state index in [1.165, 1.54) is 0 Å². The lowest BCUT2D eigenvalue weighted by Gasteiger charge is -2.31. The van der Waals surface area contributed by atoms with Crippen molar-refractivity contribution < 1.29 is 4.92 Å². The number of nitrogens with one attached hydrogen (secondary N) is 1. The molecule has 7 heteroatoms. The molecule has 27 heavy (non-hydrogen) atoms. The van der Waals surface area contributed by atoms with Crippen molar-refractivity contribution in [3.63, 3.8) is 0 Å². The number of aromatic nitrogens is 1. The van der Waals surface area contributed by atoms with Gasteiger partial charge in [-0.1, -0.05) is 47.5 Å². The van der Waals surface area contributed by atoms with Gasteiger partial charge in [0.15, 0.2) is 5.82 Å². The van der Waals surface area contributed by atoms with E-state index in [9.17, 15) is 10.1 Å². The van der Waals surface area contributed by atoms with Crippen LogP contribution >= 0.6 is 11.6 Å². The summed E-state index contributed by atoms with van der Waals surface area (Å²) in [5, 5.41) is 15.4. The Morgan fingerprint density at radius 3 is 2.96 bits per heavy atom. The molecule has 0 aliphatic carbocycles. The van der Waals surface area contributed by atoms with E-state index >= 15 is 0 Å². The van der Waals surface area contributed by atoms with Gasteiger partial charge in [0.25, 0.3) is 0 Å². The van der Waals surface area contributed by atoms with Crippen LogP contribution in [0.2, 0.25) is 5.15 Å². The van der Waals surface area contributed by atoms with Crippen molar-refractivity contribution in [3.8, 4) is 0 Å². The molecule has 1 aromatic carbocycles. The maximum Gasteiger partial charge on any atom is 0.309 e. The SMILES string of the molecule is Cc1cccc(/C=C/C(=C2/NCCCN2Cc2ccc(Cl)nc2)[N+](=O)[O-])c1. The first-order valence-corrected chi connectivity index (χ1v) is 9.13. The highest BCUT2D eigenvalue weighted by Crippen LogP contribution is 2.19. The summed E-state index contributed by atoms with van der Waals surface area (Å²) in [5.41, 5.74) is 3.04. The summed E-state index contributed by atoms with van der Waals surface area (Å²) in [6, 6.07) is 11.5. The molecule has 0 spiro atoms. The smallest absolute Gasteiger partial charge is 0.309 e. The summed E-state index contributed by atoms with van der Waals surface area (Å²) in [7, 11) is 0. The Labute approximate surface area is 163 Å². The van der Waals surface area contributed by atoms with Crippen LogP contribution in [-0.2, 0) is 6.54 Å². The van der Waals surface area contributed by atoms with E-state index in [1.807, 2.05) is 42.2 Å². The first-order chi connectivity index (χ1) is 13.0. The minimum Gasteiger partial charge on any atom is -0.366 e. The van der Waals surface area contributed by atoms with Gasteiger partial charge in [0.05, 0.1) is 4.92 Å². The van der Waals surface area contributed by atoms with Crippen LogP contribution in [0.5, 0.6) is 0 Å². The first-order valence-electron chi connectivity index (χ1n) is 8.75. The van der Waals surface area contributed by atoms with Crippen LogP contribution in [0.25, 0.3) is 6.08 Å². The molecule has 0 radical (unpaired) electrons. The van der Waals surface area contributed by atoms with Crippen molar-refractivity contribution in [1.29, 1.82) is 0 Å². The van der Waals surface area contributed by atoms with Crippen molar-refractivity contribution in [2.24, 2.45) is 0 Å². The number of hydrogen-bond acceptors (Lipinski definition) is 5. The predicted molar refractivity (Wildman–Crippen MR) is 107 cm³/mol. The zero-order chi connectivity index (χ0) is 19.2. The van der Waals surface area contributed by atoms with Crippen molar-refractivity contribution in [3.05, 3.63) is 92.1 Å². The van der Waals surface area contributed by atoms with E-state index in [2.05, 4.69) is 10.3 Å². The molecule has 0 saturated carbocycles. The molecule has 1 aliphatic heterocycles. The molecular formula is C20H21ClN4O2. The Balaban J connectivity index is 1.90.